The molecule has 1 rings (SSSR count). The largest absolute Gasteiger partial charge is 0.481 e. The van der Waals surface area contributed by atoms with E-state index in [0.717, 1.165) is 43.2 Å². The Labute approximate surface area is 135 Å². The number of thioether (sulfide) groups is 2. The number of carboxylic acid groups (broad SMARTS) is 1. The van der Waals surface area contributed by atoms with Gasteiger partial charge in [0.25, 0.3) is 0 Å². The van der Waals surface area contributed by atoms with Crippen LogP contribution in [0.2, 0.25) is 0 Å². The fourth-order valence-electron chi connectivity index (χ4n) is 2.23. The molecule has 0 amide bonds. The molecule has 0 spiro atoms. The molecule has 0 aliphatic rings. The standard InChI is InChI=1S/C14H25N3O2S2/c1-5-8-11-15-16-13(21-9-12(18)19)17(11)10-14(6-2,7-3)20-4/h5-10H2,1-4H3,(H,18,19). The van der Waals surface area contributed by atoms with E-state index in [1.54, 1.807) is 0 Å². The fourth-order valence-corrected chi connectivity index (χ4v) is 3.75. The van der Waals surface area contributed by atoms with Crippen molar-refractivity contribution in [2.75, 3.05) is 12.0 Å². The number of carboxylic acids is 1. The van der Waals surface area contributed by atoms with Crippen LogP contribution in [0.3, 0.4) is 0 Å². The van der Waals surface area contributed by atoms with Crippen LogP contribution >= 0.6 is 23.5 Å². The minimum Gasteiger partial charge on any atom is -0.481 e. The van der Waals surface area contributed by atoms with E-state index in [1.165, 1.54) is 11.8 Å². The normalized spacial score (nSPS) is 11.8. The summed E-state index contributed by atoms with van der Waals surface area (Å²) >= 11 is 3.13. The van der Waals surface area contributed by atoms with Crippen molar-refractivity contribution in [1.29, 1.82) is 0 Å². The Morgan fingerprint density at radius 2 is 1.95 bits per heavy atom. The molecule has 120 valence electrons. The summed E-state index contributed by atoms with van der Waals surface area (Å²) in [4.78, 5) is 10.8. The van der Waals surface area contributed by atoms with Crippen LogP contribution in [-0.2, 0) is 17.8 Å². The number of nitrogens with zero attached hydrogens (tertiary/aromatic N) is 3. The second-order valence-corrected chi connectivity index (χ2v) is 7.23. The van der Waals surface area contributed by atoms with Gasteiger partial charge in [0.05, 0.1) is 5.75 Å². The number of hydrogen-bond donors (Lipinski definition) is 1. The van der Waals surface area contributed by atoms with Gasteiger partial charge in [-0.3, -0.25) is 4.79 Å². The van der Waals surface area contributed by atoms with Crippen molar-refractivity contribution in [1.82, 2.24) is 14.8 Å². The van der Waals surface area contributed by atoms with E-state index in [-0.39, 0.29) is 10.5 Å². The molecule has 1 aromatic rings. The Balaban J connectivity index is 3.04. The topological polar surface area (TPSA) is 68.0 Å². The van der Waals surface area contributed by atoms with E-state index in [2.05, 4.69) is 41.8 Å². The lowest BCUT2D eigenvalue weighted by atomic mass is 10.0. The maximum atomic E-state index is 10.8. The molecule has 0 aromatic carbocycles. The minimum absolute atomic E-state index is 0.0226. The van der Waals surface area contributed by atoms with E-state index in [1.807, 2.05) is 11.8 Å². The highest BCUT2D eigenvalue weighted by atomic mass is 32.2. The number of rotatable bonds is 10. The lowest BCUT2D eigenvalue weighted by Gasteiger charge is -2.31. The first-order chi connectivity index (χ1) is 10.0. The molecule has 0 radical (unpaired) electrons. The highest BCUT2D eigenvalue weighted by molar-refractivity contribution is 8.00. The van der Waals surface area contributed by atoms with Crippen LogP contribution in [0.4, 0.5) is 0 Å². The van der Waals surface area contributed by atoms with Crippen LogP contribution in [0.5, 0.6) is 0 Å². The van der Waals surface area contributed by atoms with Crippen LogP contribution in [-0.4, -0.2) is 42.6 Å². The summed E-state index contributed by atoms with van der Waals surface area (Å²) in [6.07, 6.45) is 6.15. The molecular formula is C14H25N3O2S2. The molecule has 0 bridgehead atoms. The Hall–Kier alpha value is -0.690. The lowest BCUT2D eigenvalue weighted by Crippen LogP contribution is -2.30. The Morgan fingerprint density at radius 3 is 2.43 bits per heavy atom. The zero-order valence-corrected chi connectivity index (χ0v) is 14.9. The third kappa shape index (κ3) is 4.92. The van der Waals surface area contributed by atoms with Gasteiger partial charge in [-0.15, -0.1) is 10.2 Å². The van der Waals surface area contributed by atoms with Crippen LogP contribution < -0.4 is 0 Å². The van der Waals surface area contributed by atoms with Crippen LogP contribution in [0.25, 0.3) is 0 Å². The summed E-state index contributed by atoms with van der Waals surface area (Å²) in [6, 6.07) is 0. The average molecular weight is 332 g/mol. The predicted molar refractivity (Wildman–Crippen MR) is 89.2 cm³/mol. The van der Waals surface area contributed by atoms with Gasteiger partial charge in [0.15, 0.2) is 5.16 Å². The van der Waals surface area contributed by atoms with Gasteiger partial charge < -0.3 is 9.67 Å². The lowest BCUT2D eigenvalue weighted by molar-refractivity contribution is -0.133. The van der Waals surface area contributed by atoms with Gasteiger partial charge in [-0.25, -0.2) is 0 Å². The van der Waals surface area contributed by atoms with E-state index in [0.29, 0.717) is 0 Å². The highest BCUT2D eigenvalue weighted by Crippen LogP contribution is 2.34. The maximum Gasteiger partial charge on any atom is 0.313 e. The molecular weight excluding hydrogens is 306 g/mol. The maximum absolute atomic E-state index is 10.8. The molecule has 0 saturated carbocycles. The van der Waals surface area contributed by atoms with Crippen molar-refractivity contribution in [3.8, 4) is 0 Å². The molecule has 5 nitrogen and oxygen atoms in total. The number of aliphatic carboxylic acids is 1. The van der Waals surface area contributed by atoms with Crippen molar-refractivity contribution in [3.05, 3.63) is 5.82 Å². The van der Waals surface area contributed by atoms with Crippen molar-refractivity contribution in [3.63, 3.8) is 0 Å². The third-order valence-corrected chi connectivity index (χ3v) is 6.28. The average Bonchev–Trinajstić information content (AvgIpc) is 2.85. The molecule has 1 N–H and O–H groups in total. The summed E-state index contributed by atoms with van der Waals surface area (Å²) in [5, 5.41) is 18.0. The van der Waals surface area contributed by atoms with E-state index in [9.17, 15) is 4.79 Å². The Morgan fingerprint density at radius 1 is 1.29 bits per heavy atom. The van der Waals surface area contributed by atoms with Gasteiger partial charge in [0.1, 0.15) is 5.82 Å². The van der Waals surface area contributed by atoms with Crippen LogP contribution in [0.15, 0.2) is 5.16 Å². The quantitative estimate of drug-likeness (QED) is 0.663. The first-order valence-electron chi connectivity index (χ1n) is 7.33. The van der Waals surface area contributed by atoms with Gasteiger partial charge in [0, 0.05) is 17.7 Å². The SMILES string of the molecule is CCCc1nnc(SCC(=O)O)n1CC(CC)(CC)SC. The molecule has 0 aliphatic carbocycles. The first-order valence-corrected chi connectivity index (χ1v) is 9.54. The summed E-state index contributed by atoms with van der Waals surface area (Å²) < 4.78 is 2.28. The van der Waals surface area contributed by atoms with Gasteiger partial charge in [-0.1, -0.05) is 32.5 Å². The Bertz CT molecular complexity index is 451. The van der Waals surface area contributed by atoms with E-state index in [4.69, 9.17) is 5.11 Å². The molecule has 21 heavy (non-hydrogen) atoms. The fraction of sp³-hybridized carbons (Fsp3) is 0.786. The predicted octanol–water partition coefficient (Wildman–Crippen LogP) is 3.33. The second-order valence-electron chi connectivity index (χ2n) is 5.01. The molecule has 0 unspecified atom stereocenters. The number of aryl methyl sites for hydroxylation is 1. The van der Waals surface area contributed by atoms with Gasteiger partial charge in [-0.2, -0.15) is 11.8 Å². The summed E-state index contributed by atoms with van der Waals surface area (Å²) in [5.74, 6) is 0.161. The molecule has 7 heteroatoms. The van der Waals surface area contributed by atoms with Crippen molar-refractivity contribution in [2.24, 2.45) is 0 Å². The second kappa shape index (κ2) is 8.68. The summed E-state index contributed by atoms with van der Waals surface area (Å²) in [7, 11) is 0. The third-order valence-electron chi connectivity index (χ3n) is 3.76. The van der Waals surface area contributed by atoms with E-state index < -0.39 is 5.97 Å². The van der Waals surface area contributed by atoms with Crippen molar-refractivity contribution < 1.29 is 9.90 Å². The first kappa shape index (κ1) is 18.4. The van der Waals surface area contributed by atoms with Gasteiger partial charge in [-0.05, 0) is 25.5 Å². The molecule has 1 aromatic heterocycles. The smallest absolute Gasteiger partial charge is 0.313 e. The van der Waals surface area contributed by atoms with Crippen molar-refractivity contribution >= 4 is 29.5 Å². The summed E-state index contributed by atoms with van der Waals surface area (Å²) in [6.45, 7) is 7.36. The number of hydrogen-bond acceptors (Lipinski definition) is 5. The molecule has 1 heterocycles. The van der Waals surface area contributed by atoms with Gasteiger partial charge >= 0.3 is 5.97 Å². The number of aromatic nitrogens is 3. The zero-order chi connectivity index (χ0) is 15.9. The monoisotopic (exact) mass is 331 g/mol. The van der Waals surface area contributed by atoms with Crippen molar-refractivity contribution in [2.45, 2.75) is 62.9 Å². The molecule has 0 fully saturated rings. The molecule has 0 atom stereocenters. The Kier molecular flexibility index (Phi) is 7.59. The van der Waals surface area contributed by atoms with Gasteiger partial charge in [0.2, 0.25) is 0 Å². The van der Waals surface area contributed by atoms with Crippen LogP contribution in [0.1, 0.15) is 45.9 Å². The minimum atomic E-state index is -0.825. The van der Waals surface area contributed by atoms with E-state index >= 15 is 0 Å². The molecule has 0 saturated heterocycles. The highest BCUT2D eigenvalue weighted by Gasteiger charge is 2.28. The van der Waals surface area contributed by atoms with Crippen LogP contribution in [0, 0.1) is 0 Å². The summed E-state index contributed by atoms with van der Waals surface area (Å²) in [5.41, 5.74) is 0. The molecule has 0 aliphatic heterocycles. The number of carbonyl (C=O) groups is 1. The zero-order valence-electron chi connectivity index (χ0n) is 13.3.